The zero-order valence-corrected chi connectivity index (χ0v) is 7.60. The molecule has 66 valence electrons. The maximum Gasteiger partial charge on any atom is 0.0474 e. The first kappa shape index (κ1) is 10.7. The SMILES string of the molecule is C=CC(C)(CN)CCOCC. The molecule has 0 bridgehead atoms. The van der Waals surface area contributed by atoms with Crippen LogP contribution in [0.4, 0.5) is 0 Å². The molecule has 2 heteroatoms. The van der Waals surface area contributed by atoms with Crippen LogP contribution in [0.2, 0.25) is 0 Å². The first-order valence-corrected chi connectivity index (χ1v) is 4.10. The van der Waals surface area contributed by atoms with Crippen LogP contribution in [0.3, 0.4) is 0 Å². The number of ether oxygens (including phenoxy) is 1. The van der Waals surface area contributed by atoms with Crippen molar-refractivity contribution >= 4 is 0 Å². The van der Waals surface area contributed by atoms with E-state index in [9.17, 15) is 0 Å². The quantitative estimate of drug-likeness (QED) is 0.469. The largest absolute Gasteiger partial charge is 0.382 e. The first-order chi connectivity index (χ1) is 5.18. The zero-order valence-electron chi connectivity index (χ0n) is 7.60. The molecule has 0 aliphatic carbocycles. The van der Waals surface area contributed by atoms with Crippen LogP contribution in [-0.4, -0.2) is 19.8 Å². The fraction of sp³-hybridized carbons (Fsp3) is 0.778. The lowest BCUT2D eigenvalue weighted by Crippen LogP contribution is -2.26. The Kier molecular flexibility index (Phi) is 5.16. The standard InChI is InChI=1S/C9H19NO/c1-4-9(3,8-10)6-7-11-5-2/h4H,1,5-8,10H2,2-3H3. The second-order valence-electron chi connectivity index (χ2n) is 3.01. The highest BCUT2D eigenvalue weighted by Crippen LogP contribution is 2.20. The predicted molar refractivity (Wildman–Crippen MR) is 48.5 cm³/mol. The molecule has 11 heavy (non-hydrogen) atoms. The maximum atomic E-state index is 5.57. The Morgan fingerprint density at radius 3 is 2.64 bits per heavy atom. The first-order valence-electron chi connectivity index (χ1n) is 4.10. The minimum atomic E-state index is 0.0508. The second-order valence-corrected chi connectivity index (χ2v) is 3.01. The Bertz CT molecular complexity index is 114. The number of nitrogens with two attached hydrogens (primary N) is 1. The van der Waals surface area contributed by atoms with Crippen LogP contribution in [0, 0.1) is 5.41 Å². The molecule has 0 saturated heterocycles. The molecule has 0 aromatic heterocycles. The monoisotopic (exact) mass is 157 g/mol. The van der Waals surface area contributed by atoms with Gasteiger partial charge in [0.1, 0.15) is 0 Å². The van der Waals surface area contributed by atoms with Crippen LogP contribution in [0.15, 0.2) is 12.7 Å². The maximum absolute atomic E-state index is 5.57. The highest BCUT2D eigenvalue weighted by molar-refractivity contribution is 4.91. The molecule has 0 spiro atoms. The van der Waals surface area contributed by atoms with E-state index in [1.54, 1.807) is 0 Å². The minimum absolute atomic E-state index is 0.0508. The van der Waals surface area contributed by atoms with Crippen LogP contribution in [-0.2, 0) is 4.74 Å². The fourth-order valence-electron chi connectivity index (χ4n) is 0.737. The average Bonchev–Trinajstić information content (AvgIpc) is 2.05. The third kappa shape index (κ3) is 4.17. The molecule has 1 atom stereocenters. The summed E-state index contributed by atoms with van der Waals surface area (Å²) in [7, 11) is 0. The van der Waals surface area contributed by atoms with Crippen molar-refractivity contribution in [3.05, 3.63) is 12.7 Å². The van der Waals surface area contributed by atoms with E-state index >= 15 is 0 Å². The van der Waals surface area contributed by atoms with E-state index in [1.165, 1.54) is 0 Å². The molecule has 0 aliphatic rings. The number of hydrogen-bond acceptors (Lipinski definition) is 2. The van der Waals surface area contributed by atoms with Crippen molar-refractivity contribution < 1.29 is 4.74 Å². The molecule has 0 heterocycles. The summed E-state index contributed by atoms with van der Waals surface area (Å²) < 4.78 is 5.23. The van der Waals surface area contributed by atoms with Crippen molar-refractivity contribution in [1.29, 1.82) is 0 Å². The molecule has 2 nitrogen and oxygen atoms in total. The molecule has 2 N–H and O–H groups in total. The van der Waals surface area contributed by atoms with Crippen molar-refractivity contribution in [3.63, 3.8) is 0 Å². The molecule has 0 aliphatic heterocycles. The van der Waals surface area contributed by atoms with Gasteiger partial charge in [0.15, 0.2) is 0 Å². The lowest BCUT2D eigenvalue weighted by molar-refractivity contribution is 0.123. The van der Waals surface area contributed by atoms with Gasteiger partial charge < -0.3 is 10.5 Å². The molecule has 0 radical (unpaired) electrons. The van der Waals surface area contributed by atoms with Crippen LogP contribution < -0.4 is 5.73 Å². The second kappa shape index (κ2) is 5.33. The minimum Gasteiger partial charge on any atom is -0.382 e. The Hall–Kier alpha value is -0.340. The third-order valence-electron chi connectivity index (χ3n) is 1.98. The van der Waals surface area contributed by atoms with Crippen LogP contribution in [0.1, 0.15) is 20.3 Å². The normalized spacial score (nSPS) is 15.9. The Balaban J connectivity index is 3.60. The van der Waals surface area contributed by atoms with Crippen LogP contribution in [0.5, 0.6) is 0 Å². The summed E-state index contributed by atoms with van der Waals surface area (Å²) in [6.45, 7) is 10.0. The summed E-state index contributed by atoms with van der Waals surface area (Å²) >= 11 is 0. The molecule has 0 rings (SSSR count). The van der Waals surface area contributed by atoms with Gasteiger partial charge in [-0.3, -0.25) is 0 Å². The highest BCUT2D eigenvalue weighted by atomic mass is 16.5. The summed E-state index contributed by atoms with van der Waals surface area (Å²) in [6.07, 6.45) is 2.87. The molecular formula is C9H19NO. The predicted octanol–water partition coefficient (Wildman–Crippen LogP) is 1.56. The lowest BCUT2D eigenvalue weighted by Gasteiger charge is -2.22. The van der Waals surface area contributed by atoms with Gasteiger partial charge in [-0.25, -0.2) is 0 Å². The molecule has 0 aromatic carbocycles. The van der Waals surface area contributed by atoms with Gasteiger partial charge in [0, 0.05) is 19.8 Å². The van der Waals surface area contributed by atoms with Gasteiger partial charge in [0.05, 0.1) is 0 Å². The van der Waals surface area contributed by atoms with Gasteiger partial charge in [-0.15, -0.1) is 6.58 Å². The van der Waals surface area contributed by atoms with Crippen molar-refractivity contribution in [3.8, 4) is 0 Å². The zero-order chi connectivity index (χ0) is 8.74. The van der Waals surface area contributed by atoms with Crippen molar-refractivity contribution in [2.75, 3.05) is 19.8 Å². The van der Waals surface area contributed by atoms with Gasteiger partial charge in [-0.2, -0.15) is 0 Å². The van der Waals surface area contributed by atoms with Gasteiger partial charge >= 0.3 is 0 Å². The topological polar surface area (TPSA) is 35.2 Å². The van der Waals surface area contributed by atoms with E-state index in [0.717, 1.165) is 19.6 Å². The van der Waals surface area contributed by atoms with E-state index in [4.69, 9.17) is 10.5 Å². The van der Waals surface area contributed by atoms with Gasteiger partial charge in [-0.1, -0.05) is 13.0 Å². The van der Waals surface area contributed by atoms with Crippen molar-refractivity contribution in [1.82, 2.24) is 0 Å². The molecule has 0 saturated carbocycles. The van der Waals surface area contributed by atoms with E-state index < -0.39 is 0 Å². The van der Waals surface area contributed by atoms with Crippen molar-refractivity contribution in [2.24, 2.45) is 11.1 Å². The molecule has 0 amide bonds. The van der Waals surface area contributed by atoms with Crippen LogP contribution in [0.25, 0.3) is 0 Å². The van der Waals surface area contributed by atoms with Gasteiger partial charge in [-0.05, 0) is 18.8 Å². The summed E-state index contributed by atoms with van der Waals surface area (Å²) in [5, 5.41) is 0. The van der Waals surface area contributed by atoms with E-state index in [2.05, 4.69) is 13.5 Å². The van der Waals surface area contributed by atoms with E-state index in [1.807, 2.05) is 13.0 Å². The summed E-state index contributed by atoms with van der Waals surface area (Å²) in [5.41, 5.74) is 5.62. The molecule has 1 unspecified atom stereocenters. The molecular weight excluding hydrogens is 138 g/mol. The number of rotatable bonds is 6. The Morgan fingerprint density at radius 1 is 1.64 bits per heavy atom. The van der Waals surface area contributed by atoms with E-state index in [-0.39, 0.29) is 5.41 Å². The van der Waals surface area contributed by atoms with Gasteiger partial charge in [0.25, 0.3) is 0 Å². The van der Waals surface area contributed by atoms with E-state index in [0.29, 0.717) is 6.54 Å². The smallest absolute Gasteiger partial charge is 0.0474 e. The molecule has 0 aromatic rings. The third-order valence-corrected chi connectivity index (χ3v) is 1.98. The summed E-state index contributed by atoms with van der Waals surface area (Å²) in [6, 6.07) is 0. The van der Waals surface area contributed by atoms with Gasteiger partial charge in [0.2, 0.25) is 0 Å². The van der Waals surface area contributed by atoms with Crippen LogP contribution >= 0.6 is 0 Å². The van der Waals surface area contributed by atoms with Crippen molar-refractivity contribution in [2.45, 2.75) is 20.3 Å². The average molecular weight is 157 g/mol. The highest BCUT2D eigenvalue weighted by Gasteiger charge is 2.16. The Morgan fingerprint density at radius 2 is 2.27 bits per heavy atom. The number of hydrogen-bond donors (Lipinski definition) is 1. The fourth-order valence-corrected chi connectivity index (χ4v) is 0.737. The lowest BCUT2D eigenvalue weighted by atomic mass is 9.88. The summed E-state index contributed by atoms with van der Waals surface area (Å²) in [5.74, 6) is 0. The summed E-state index contributed by atoms with van der Waals surface area (Å²) in [4.78, 5) is 0. The molecule has 0 fully saturated rings. The Labute approximate surface area is 69.4 Å².